The van der Waals surface area contributed by atoms with Crippen molar-refractivity contribution < 1.29 is 4.79 Å². The van der Waals surface area contributed by atoms with Gasteiger partial charge in [-0.15, -0.1) is 0 Å². The van der Waals surface area contributed by atoms with Gasteiger partial charge in [-0.25, -0.2) is 4.99 Å². The summed E-state index contributed by atoms with van der Waals surface area (Å²) in [6, 6.07) is 5.84. The Balaban J connectivity index is 2.12. The number of nitrogens with two attached hydrogens (primary N) is 1. The third-order valence-corrected chi connectivity index (χ3v) is 3.98. The number of ketones is 1. The van der Waals surface area contributed by atoms with Gasteiger partial charge in [0, 0.05) is 11.5 Å². The van der Waals surface area contributed by atoms with E-state index in [1.807, 2.05) is 12.1 Å². The minimum atomic E-state index is 0.0788. The molecule has 0 bridgehead atoms. The lowest BCUT2D eigenvalue weighted by Gasteiger charge is -2.26. The van der Waals surface area contributed by atoms with Crippen molar-refractivity contribution in [2.75, 3.05) is 0 Å². The van der Waals surface area contributed by atoms with E-state index in [4.69, 9.17) is 5.73 Å². The molecule has 2 aliphatic rings. The molecule has 0 amide bonds. The molecular formula is C14H16N2O. The average Bonchev–Trinajstić information content (AvgIpc) is 2.78. The Kier molecular flexibility index (Phi) is 2.28. The van der Waals surface area contributed by atoms with E-state index < -0.39 is 0 Å². The van der Waals surface area contributed by atoms with Gasteiger partial charge in [0.15, 0.2) is 5.78 Å². The average molecular weight is 228 g/mol. The summed E-state index contributed by atoms with van der Waals surface area (Å²) in [4.78, 5) is 15.8. The fourth-order valence-corrected chi connectivity index (χ4v) is 3.08. The van der Waals surface area contributed by atoms with Crippen LogP contribution in [0.15, 0.2) is 23.2 Å². The van der Waals surface area contributed by atoms with Crippen LogP contribution in [0.2, 0.25) is 0 Å². The number of hydrogen-bond donors (Lipinski definition) is 1. The lowest BCUT2D eigenvalue weighted by atomic mass is 9.84. The van der Waals surface area contributed by atoms with E-state index in [-0.39, 0.29) is 5.78 Å². The predicted molar refractivity (Wildman–Crippen MR) is 67.8 cm³/mol. The van der Waals surface area contributed by atoms with Gasteiger partial charge in [0.05, 0.1) is 5.69 Å². The summed E-state index contributed by atoms with van der Waals surface area (Å²) in [7, 11) is 0. The maximum absolute atomic E-state index is 11.4. The first-order valence-electron chi connectivity index (χ1n) is 6.16. The van der Waals surface area contributed by atoms with E-state index in [2.05, 4.69) is 11.1 Å². The van der Waals surface area contributed by atoms with Gasteiger partial charge in [-0.3, -0.25) is 4.79 Å². The highest BCUT2D eigenvalue weighted by Gasteiger charge is 2.35. The molecule has 17 heavy (non-hydrogen) atoms. The number of rotatable bonds is 1. The van der Waals surface area contributed by atoms with Crippen LogP contribution < -0.4 is 5.73 Å². The summed E-state index contributed by atoms with van der Waals surface area (Å²) in [6.45, 7) is 1.58. The molecule has 3 heteroatoms. The molecule has 1 saturated carbocycles. The van der Waals surface area contributed by atoms with Crippen LogP contribution in [0.3, 0.4) is 0 Å². The molecule has 1 fully saturated rings. The second-order valence-corrected chi connectivity index (χ2v) is 5.01. The summed E-state index contributed by atoms with van der Waals surface area (Å²) in [6.07, 6.45) is 3.56. The monoisotopic (exact) mass is 228 g/mol. The fraction of sp³-hybridized carbons (Fsp3) is 0.429. The Morgan fingerprint density at radius 2 is 2.12 bits per heavy atom. The number of nitrogens with zero attached hydrogens (tertiary/aromatic N) is 1. The predicted octanol–water partition coefficient (Wildman–Crippen LogP) is 2.78. The van der Waals surface area contributed by atoms with Gasteiger partial charge < -0.3 is 5.73 Å². The van der Waals surface area contributed by atoms with Crippen LogP contribution in [0.1, 0.15) is 48.0 Å². The molecule has 1 aliphatic carbocycles. The van der Waals surface area contributed by atoms with Crippen LogP contribution in [0.25, 0.3) is 0 Å². The van der Waals surface area contributed by atoms with Crippen molar-refractivity contribution in [1.82, 2.24) is 0 Å². The normalized spacial score (nSPS) is 26.1. The quantitative estimate of drug-likeness (QED) is 0.751. The first kappa shape index (κ1) is 10.5. The van der Waals surface area contributed by atoms with Crippen molar-refractivity contribution in [3.8, 4) is 0 Å². The Labute approximate surface area is 101 Å². The number of Topliss-reactive ketones (excluding diaryl/α,β-unsaturated/α-hetero) is 1. The van der Waals surface area contributed by atoms with Crippen LogP contribution in [0.5, 0.6) is 0 Å². The van der Waals surface area contributed by atoms with Gasteiger partial charge in [0.1, 0.15) is 5.84 Å². The molecule has 1 aliphatic heterocycles. The molecule has 3 nitrogen and oxygen atoms in total. The molecule has 0 radical (unpaired) electrons. The molecule has 1 aromatic rings. The van der Waals surface area contributed by atoms with E-state index in [1.165, 1.54) is 18.4 Å². The third-order valence-electron chi connectivity index (χ3n) is 3.98. The van der Waals surface area contributed by atoms with E-state index in [1.54, 1.807) is 6.92 Å². The van der Waals surface area contributed by atoms with Crippen LogP contribution in [0.4, 0.5) is 5.69 Å². The molecule has 2 N–H and O–H groups in total. The number of hydrogen-bond acceptors (Lipinski definition) is 3. The molecule has 0 aromatic heterocycles. The number of carbonyl (C=O) groups excluding carboxylic acids is 1. The van der Waals surface area contributed by atoms with Crippen LogP contribution in [-0.4, -0.2) is 11.6 Å². The number of amidine groups is 1. The maximum atomic E-state index is 11.4. The first-order chi connectivity index (χ1) is 8.16. The molecule has 2 atom stereocenters. The second-order valence-electron chi connectivity index (χ2n) is 5.01. The van der Waals surface area contributed by atoms with E-state index in [0.717, 1.165) is 23.5 Å². The van der Waals surface area contributed by atoms with Gasteiger partial charge in [0.25, 0.3) is 0 Å². The summed E-state index contributed by atoms with van der Waals surface area (Å²) in [5.74, 6) is 1.77. The molecule has 88 valence electrons. The zero-order valence-corrected chi connectivity index (χ0v) is 9.94. The number of carbonyl (C=O) groups is 1. The molecule has 1 heterocycles. The number of benzene rings is 1. The Morgan fingerprint density at radius 3 is 2.88 bits per heavy atom. The van der Waals surface area contributed by atoms with Gasteiger partial charge >= 0.3 is 0 Å². The standard InChI is InChI=1S/C14H16N2O/c1-8(17)9-5-6-11-10-3-2-4-12(10)14(15)16-13(11)7-9/h5-7,10,12H,2-4H2,1H3,(H2,15,16). The maximum Gasteiger partial charge on any atom is 0.159 e. The van der Waals surface area contributed by atoms with Gasteiger partial charge in [0.2, 0.25) is 0 Å². The minimum absolute atomic E-state index is 0.0788. The molecule has 0 saturated heterocycles. The summed E-state index contributed by atoms with van der Waals surface area (Å²) in [5, 5.41) is 0. The largest absolute Gasteiger partial charge is 0.387 e. The van der Waals surface area contributed by atoms with Gasteiger partial charge in [-0.1, -0.05) is 18.6 Å². The number of fused-ring (bicyclic) bond motifs is 3. The second kappa shape index (κ2) is 3.69. The van der Waals surface area contributed by atoms with Crippen molar-refractivity contribution in [3.63, 3.8) is 0 Å². The molecular weight excluding hydrogens is 212 g/mol. The van der Waals surface area contributed by atoms with Crippen molar-refractivity contribution in [2.45, 2.75) is 32.1 Å². The number of aliphatic imine (C=N–C) groups is 1. The van der Waals surface area contributed by atoms with Gasteiger partial charge in [-0.2, -0.15) is 0 Å². The van der Waals surface area contributed by atoms with Crippen LogP contribution in [-0.2, 0) is 0 Å². The summed E-state index contributed by atoms with van der Waals surface area (Å²) in [5.41, 5.74) is 8.92. The van der Waals surface area contributed by atoms with Gasteiger partial charge in [-0.05, 0) is 37.3 Å². The molecule has 0 spiro atoms. The molecule has 2 unspecified atom stereocenters. The topological polar surface area (TPSA) is 55.5 Å². The van der Waals surface area contributed by atoms with Crippen molar-refractivity contribution >= 4 is 17.3 Å². The van der Waals surface area contributed by atoms with E-state index in [9.17, 15) is 4.79 Å². The fourth-order valence-electron chi connectivity index (χ4n) is 3.08. The van der Waals surface area contributed by atoms with Crippen molar-refractivity contribution in [2.24, 2.45) is 16.6 Å². The summed E-state index contributed by atoms with van der Waals surface area (Å²) < 4.78 is 0. The Morgan fingerprint density at radius 1 is 1.35 bits per heavy atom. The highest BCUT2D eigenvalue weighted by molar-refractivity contribution is 5.96. The van der Waals surface area contributed by atoms with Crippen molar-refractivity contribution in [1.29, 1.82) is 0 Å². The highest BCUT2D eigenvalue weighted by atomic mass is 16.1. The molecule has 3 rings (SSSR count). The first-order valence-corrected chi connectivity index (χ1v) is 6.16. The third kappa shape index (κ3) is 1.57. The summed E-state index contributed by atoms with van der Waals surface area (Å²) >= 11 is 0. The Hall–Kier alpha value is -1.64. The lowest BCUT2D eigenvalue weighted by Crippen LogP contribution is -2.28. The Bertz CT molecular complexity index is 519. The van der Waals surface area contributed by atoms with Crippen LogP contribution >= 0.6 is 0 Å². The zero-order chi connectivity index (χ0) is 12.0. The smallest absolute Gasteiger partial charge is 0.159 e. The minimum Gasteiger partial charge on any atom is -0.387 e. The van der Waals surface area contributed by atoms with Crippen molar-refractivity contribution in [3.05, 3.63) is 29.3 Å². The SMILES string of the molecule is CC(=O)c1ccc2c(c1)N=C(N)C1CCCC21. The molecule has 1 aromatic carbocycles. The van der Waals surface area contributed by atoms with Crippen LogP contribution in [0, 0.1) is 5.92 Å². The van der Waals surface area contributed by atoms with E-state index >= 15 is 0 Å². The van der Waals surface area contributed by atoms with E-state index in [0.29, 0.717) is 11.8 Å². The zero-order valence-electron chi connectivity index (χ0n) is 9.94. The highest BCUT2D eigenvalue weighted by Crippen LogP contribution is 2.46. The lowest BCUT2D eigenvalue weighted by molar-refractivity contribution is 0.101.